The maximum Gasteiger partial charge on any atom is 0.436 e. The van der Waals surface area contributed by atoms with Crippen LogP contribution in [0.4, 0.5) is 17.6 Å². The highest BCUT2D eigenvalue weighted by atomic mass is 79.9. The summed E-state index contributed by atoms with van der Waals surface area (Å²) in [6, 6.07) is 4.27. The maximum atomic E-state index is 13.3. The lowest BCUT2D eigenvalue weighted by Crippen LogP contribution is -2.49. The monoisotopic (exact) mass is 522 g/mol. The molecule has 1 amide bonds. The Kier molecular flexibility index (Phi) is 6.33. The second kappa shape index (κ2) is 8.71. The summed E-state index contributed by atoms with van der Waals surface area (Å²) in [4.78, 5) is 16.5. The van der Waals surface area contributed by atoms with Gasteiger partial charge in [0, 0.05) is 43.7 Å². The Hall–Kier alpha value is -1.65. The van der Waals surface area contributed by atoms with E-state index in [1.165, 1.54) is 16.8 Å². The van der Waals surface area contributed by atoms with Gasteiger partial charge < -0.3 is 4.90 Å². The molecule has 1 aliphatic carbocycles. The molecule has 1 saturated heterocycles. The van der Waals surface area contributed by atoms with Crippen LogP contribution < -0.4 is 0 Å². The molecule has 0 N–H and O–H groups in total. The quantitative estimate of drug-likeness (QED) is 0.535. The van der Waals surface area contributed by atoms with Crippen molar-refractivity contribution in [2.45, 2.75) is 38.0 Å². The number of aromatic nitrogens is 2. The Morgan fingerprint density at radius 2 is 1.87 bits per heavy atom. The minimum atomic E-state index is -4.58. The van der Waals surface area contributed by atoms with Gasteiger partial charge in [0.15, 0.2) is 5.69 Å². The van der Waals surface area contributed by atoms with Crippen LogP contribution in [0.5, 0.6) is 0 Å². The fourth-order valence-electron chi connectivity index (χ4n) is 3.78. The molecular formula is C20H20BrClF4N4O. The van der Waals surface area contributed by atoms with Crippen LogP contribution in [0.15, 0.2) is 22.7 Å². The molecule has 11 heteroatoms. The third-order valence-electron chi connectivity index (χ3n) is 5.58. The third kappa shape index (κ3) is 5.06. The predicted molar refractivity (Wildman–Crippen MR) is 110 cm³/mol. The molecular weight excluding hydrogens is 504 g/mol. The van der Waals surface area contributed by atoms with Crippen molar-refractivity contribution in [1.82, 2.24) is 19.6 Å². The van der Waals surface area contributed by atoms with E-state index in [4.69, 9.17) is 11.6 Å². The van der Waals surface area contributed by atoms with E-state index >= 15 is 0 Å². The number of benzene rings is 1. The summed E-state index contributed by atoms with van der Waals surface area (Å²) in [6.45, 7) is 2.39. The lowest BCUT2D eigenvalue weighted by Gasteiger charge is -2.35. The van der Waals surface area contributed by atoms with Crippen LogP contribution >= 0.6 is 27.5 Å². The topological polar surface area (TPSA) is 41.4 Å². The Morgan fingerprint density at radius 1 is 1.19 bits per heavy atom. The third-order valence-corrected chi connectivity index (χ3v) is 6.72. The van der Waals surface area contributed by atoms with Crippen LogP contribution in [0.3, 0.4) is 0 Å². The van der Waals surface area contributed by atoms with Crippen LogP contribution in [0.1, 0.15) is 35.7 Å². The lowest BCUT2D eigenvalue weighted by atomic mass is 10.2. The van der Waals surface area contributed by atoms with Crippen molar-refractivity contribution in [2.75, 3.05) is 26.2 Å². The first kappa shape index (κ1) is 22.5. The largest absolute Gasteiger partial charge is 0.436 e. The van der Waals surface area contributed by atoms with Crippen molar-refractivity contribution < 1.29 is 22.4 Å². The standard InChI is InChI=1S/C20H20BrClF4N4O/c21-17-18(12-1-2-12)30(27-19(17)20(24,25)26)11-16(31)29-7-5-28(6-8-29)10-13-3-4-14(23)9-15(13)22/h3-4,9,12H,1-2,5-8,10-11H2. The number of carbonyl (C=O) groups is 1. The van der Waals surface area contributed by atoms with Crippen molar-refractivity contribution >= 4 is 33.4 Å². The van der Waals surface area contributed by atoms with Crippen LogP contribution in [0, 0.1) is 5.82 Å². The summed E-state index contributed by atoms with van der Waals surface area (Å²) in [6.07, 6.45) is -3.00. The molecule has 1 aliphatic heterocycles. The first-order valence-electron chi connectivity index (χ1n) is 9.91. The zero-order valence-electron chi connectivity index (χ0n) is 16.4. The van der Waals surface area contributed by atoms with Crippen molar-refractivity contribution in [2.24, 2.45) is 0 Å². The molecule has 2 heterocycles. The molecule has 0 atom stereocenters. The second-order valence-corrected chi connectivity index (χ2v) is 9.07. The van der Waals surface area contributed by atoms with Crippen molar-refractivity contribution in [3.8, 4) is 0 Å². The van der Waals surface area contributed by atoms with Gasteiger partial charge in [0.25, 0.3) is 0 Å². The molecule has 168 valence electrons. The zero-order chi connectivity index (χ0) is 22.3. The van der Waals surface area contributed by atoms with E-state index < -0.39 is 17.7 Å². The normalized spacial score (nSPS) is 17.9. The van der Waals surface area contributed by atoms with Crippen molar-refractivity contribution in [3.63, 3.8) is 0 Å². The molecule has 0 unspecified atom stereocenters. The number of hydrogen-bond donors (Lipinski definition) is 0. The van der Waals surface area contributed by atoms with E-state index in [9.17, 15) is 22.4 Å². The van der Waals surface area contributed by atoms with Gasteiger partial charge in [0.2, 0.25) is 5.91 Å². The van der Waals surface area contributed by atoms with Gasteiger partial charge in [-0.05, 0) is 46.5 Å². The Morgan fingerprint density at radius 3 is 2.45 bits per heavy atom. The number of rotatable bonds is 5. The average molecular weight is 524 g/mol. The second-order valence-electron chi connectivity index (χ2n) is 7.87. The molecule has 2 aromatic rings. The predicted octanol–water partition coefficient (Wildman–Crippen LogP) is 4.68. The number of nitrogens with zero attached hydrogens (tertiary/aromatic N) is 4. The molecule has 0 radical (unpaired) electrons. The fourth-order valence-corrected chi connectivity index (χ4v) is 4.84. The van der Waals surface area contributed by atoms with E-state index in [0.29, 0.717) is 43.4 Å². The number of halogens is 6. The molecule has 2 aliphatic rings. The molecule has 1 aromatic heterocycles. The zero-order valence-corrected chi connectivity index (χ0v) is 18.8. The smallest absolute Gasteiger partial charge is 0.339 e. The maximum absolute atomic E-state index is 13.3. The molecule has 4 rings (SSSR count). The summed E-state index contributed by atoms with van der Waals surface area (Å²) < 4.78 is 54.1. The lowest BCUT2D eigenvalue weighted by molar-refractivity contribution is -0.142. The van der Waals surface area contributed by atoms with E-state index in [1.54, 1.807) is 11.0 Å². The summed E-state index contributed by atoms with van der Waals surface area (Å²) in [5.74, 6) is -0.651. The van der Waals surface area contributed by atoms with Gasteiger partial charge in [-0.2, -0.15) is 18.3 Å². The summed E-state index contributed by atoms with van der Waals surface area (Å²) >= 11 is 9.13. The molecule has 31 heavy (non-hydrogen) atoms. The number of carbonyl (C=O) groups excluding carboxylic acids is 1. The minimum absolute atomic E-state index is 0.00285. The Bertz CT molecular complexity index is 984. The summed E-state index contributed by atoms with van der Waals surface area (Å²) in [5.41, 5.74) is 0.270. The van der Waals surface area contributed by atoms with E-state index in [-0.39, 0.29) is 22.8 Å². The van der Waals surface area contributed by atoms with E-state index in [0.717, 1.165) is 18.4 Å². The molecule has 0 spiro atoms. The van der Waals surface area contributed by atoms with Crippen molar-refractivity contribution in [1.29, 1.82) is 0 Å². The highest BCUT2D eigenvalue weighted by molar-refractivity contribution is 9.10. The molecule has 5 nitrogen and oxygen atoms in total. The molecule has 1 saturated carbocycles. The highest BCUT2D eigenvalue weighted by Crippen LogP contribution is 2.47. The molecule has 1 aromatic carbocycles. The summed E-state index contributed by atoms with van der Waals surface area (Å²) in [5, 5.41) is 4.06. The van der Waals surface area contributed by atoms with Crippen LogP contribution in [-0.2, 0) is 24.1 Å². The van der Waals surface area contributed by atoms with E-state index in [1.807, 2.05) is 0 Å². The van der Waals surface area contributed by atoms with Gasteiger partial charge in [-0.15, -0.1) is 0 Å². The van der Waals surface area contributed by atoms with E-state index in [2.05, 4.69) is 25.9 Å². The number of piperazine rings is 1. The first-order chi connectivity index (χ1) is 14.6. The Labute approximate surface area is 190 Å². The van der Waals surface area contributed by atoms with Gasteiger partial charge in [0.1, 0.15) is 12.4 Å². The van der Waals surface area contributed by atoms with Gasteiger partial charge in [0.05, 0.1) is 10.2 Å². The van der Waals surface area contributed by atoms with Gasteiger partial charge >= 0.3 is 6.18 Å². The summed E-state index contributed by atoms with van der Waals surface area (Å²) in [7, 11) is 0. The van der Waals surface area contributed by atoms with Gasteiger partial charge in [-0.3, -0.25) is 14.4 Å². The van der Waals surface area contributed by atoms with Crippen molar-refractivity contribution in [3.05, 3.63) is 50.5 Å². The fraction of sp³-hybridized carbons (Fsp3) is 0.500. The van der Waals surface area contributed by atoms with Crippen LogP contribution in [-0.4, -0.2) is 51.7 Å². The minimum Gasteiger partial charge on any atom is -0.339 e. The highest BCUT2D eigenvalue weighted by Gasteiger charge is 2.42. The number of amides is 1. The van der Waals surface area contributed by atoms with Crippen LogP contribution in [0.25, 0.3) is 0 Å². The first-order valence-corrected chi connectivity index (χ1v) is 11.1. The number of alkyl halides is 3. The number of hydrogen-bond acceptors (Lipinski definition) is 3. The van der Waals surface area contributed by atoms with Gasteiger partial charge in [-0.1, -0.05) is 17.7 Å². The van der Waals surface area contributed by atoms with Crippen LogP contribution in [0.2, 0.25) is 5.02 Å². The molecule has 2 fully saturated rings. The Balaban J connectivity index is 1.38. The SMILES string of the molecule is O=C(Cn1nc(C(F)(F)F)c(Br)c1C1CC1)N1CCN(Cc2ccc(F)cc2Cl)CC1. The average Bonchev–Trinajstić information content (AvgIpc) is 3.47. The van der Waals surface area contributed by atoms with Gasteiger partial charge in [-0.25, -0.2) is 4.39 Å². The molecule has 0 bridgehead atoms.